The highest BCUT2D eigenvalue weighted by atomic mass is 19.4. The Bertz CT molecular complexity index is 601. The van der Waals surface area contributed by atoms with E-state index >= 15 is 0 Å². The number of pyridine rings is 1. The molecule has 25 heavy (non-hydrogen) atoms. The summed E-state index contributed by atoms with van der Waals surface area (Å²) < 4.78 is 121. The molecule has 1 N–H and O–H groups in total. The van der Waals surface area contributed by atoms with E-state index in [4.69, 9.17) is 9.84 Å². The molecular weight excluding hydrogens is 373 g/mol. The quantitative estimate of drug-likeness (QED) is 0.587. The molecule has 12 heteroatoms. The SMILES string of the molecule is CCCOC(CC(O)C(F)(F)F)c1c(F)c(F)nc(C(F)(F)F)c1F. The smallest absolute Gasteiger partial charge is 0.384 e. The van der Waals surface area contributed by atoms with Crippen molar-refractivity contribution in [3.8, 4) is 0 Å². The van der Waals surface area contributed by atoms with E-state index < -0.39 is 66.4 Å². The zero-order valence-electron chi connectivity index (χ0n) is 12.5. The second kappa shape index (κ2) is 7.77. The normalized spacial score (nSPS) is 15.3. The first-order chi connectivity index (χ1) is 11.3. The molecule has 1 aromatic heterocycles. The van der Waals surface area contributed by atoms with Crippen LogP contribution in [0.3, 0.4) is 0 Å². The highest BCUT2D eigenvalue weighted by Crippen LogP contribution is 2.38. The van der Waals surface area contributed by atoms with Crippen molar-refractivity contribution in [2.45, 2.75) is 44.3 Å². The third kappa shape index (κ3) is 5.21. The third-order valence-corrected chi connectivity index (χ3v) is 3.00. The predicted molar refractivity (Wildman–Crippen MR) is 64.8 cm³/mol. The fourth-order valence-electron chi connectivity index (χ4n) is 1.87. The van der Waals surface area contributed by atoms with Gasteiger partial charge in [-0.15, -0.1) is 0 Å². The summed E-state index contributed by atoms with van der Waals surface area (Å²) in [6, 6.07) is 0. The molecule has 0 aliphatic rings. The van der Waals surface area contributed by atoms with Gasteiger partial charge in [0.15, 0.2) is 23.4 Å². The van der Waals surface area contributed by atoms with Crippen molar-refractivity contribution in [1.29, 1.82) is 0 Å². The summed E-state index contributed by atoms with van der Waals surface area (Å²) in [4.78, 5) is 2.11. The highest BCUT2D eigenvalue weighted by Gasteiger charge is 2.44. The van der Waals surface area contributed by atoms with Crippen LogP contribution in [0.1, 0.15) is 37.1 Å². The van der Waals surface area contributed by atoms with Gasteiger partial charge in [-0.2, -0.15) is 30.7 Å². The lowest BCUT2D eigenvalue weighted by atomic mass is 10.0. The second-order valence-electron chi connectivity index (χ2n) is 4.94. The number of nitrogens with zero attached hydrogens (tertiary/aromatic N) is 1. The number of hydrogen-bond donors (Lipinski definition) is 1. The number of halogens is 9. The van der Waals surface area contributed by atoms with Gasteiger partial charge in [0.2, 0.25) is 5.95 Å². The molecule has 144 valence electrons. The molecule has 0 fully saturated rings. The lowest BCUT2D eigenvalue weighted by Crippen LogP contribution is -2.32. The Hall–Kier alpha value is -1.56. The fourth-order valence-corrected chi connectivity index (χ4v) is 1.87. The standard InChI is InChI=1S/C13H12F9NO2/c1-2-3-25-5(4-6(24)12(17,18)19)7-8(14)10(13(20,21)22)23-11(16)9(7)15/h5-6,24H,2-4H2,1H3. The first kappa shape index (κ1) is 21.5. The van der Waals surface area contributed by atoms with E-state index in [1.807, 2.05) is 0 Å². The van der Waals surface area contributed by atoms with Crippen LogP contribution in [0, 0.1) is 17.6 Å². The molecule has 0 saturated carbocycles. The monoisotopic (exact) mass is 385 g/mol. The molecule has 0 aromatic carbocycles. The summed E-state index contributed by atoms with van der Waals surface area (Å²) >= 11 is 0. The molecule has 3 nitrogen and oxygen atoms in total. The summed E-state index contributed by atoms with van der Waals surface area (Å²) in [6.45, 7) is 1.05. The van der Waals surface area contributed by atoms with Gasteiger partial charge in [-0.05, 0) is 6.42 Å². The number of aromatic nitrogens is 1. The van der Waals surface area contributed by atoms with E-state index in [2.05, 4.69) is 4.98 Å². The topological polar surface area (TPSA) is 42.4 Å². The number of alkyl halides is 6. The maximum atomic E-state index is 14.0. The highest BCUT2D eigenvalue weighted by molar-refractivity contribution is 5.26. The lowest BCUT2D eigenvalue weighted by Gasteiger charge is -2.24. The zero-order valence-corrected chi connectivity index (χ0v) is 12.5. The van der Waals surface area contributed by atoms with Crippen LogP contribution in [0.25, 0.3) is 0 Å². The van der Waals surface area contributed by atoms with Gasteiger partial charge in [0, 0.05) is 13.0 Å². The molecule has 0 spiro atoms. The molecule has 0 bridgehead atoms. The van der Waals surface area contributed by atoms with E-state index in [0.717, 1.165) is 0 Å². The van der Waals surface area contributed by atoms with Gasteiger partial charge in [0.25, 0.3) is 0 Å². The Morgan fingerprint density at radius 2 is 1.60 bits per heavy atom. The Morgan fingerprint density at radius 3 is 2.04 bits per heavy atom. The van der Waals surface area contributed by atoms with Gasteiger partial charge in [-0.3, -0.25) is 0 Å². The minimum atomic E-state index is -5.52. The first-order valence-electron chi connectivity index (χ1n) is 6.78. The molecule has 0 aliphatic carbocycles. The Balaban J connectivity index is 3.45. The number of ether oxygens (including phenoxy) is 1. The fraction of sp³-hybridized carbons (Fsp3) is 0.615. The zero-order chi connectivity index (χ0) is 19.6. The van der Waals surface area contributed by atoms with Crippen molar-refractivity contribution >= 4 is 0 Å². The van der Waals surface area contributed by atoms with Crippen LogP contribution in [0.4, 0.5) is 39.5 Å². The lowest BCUT2D eigenvalue weighted by molar-refractivity contribution is -0.213. The predicted octanol–water partition coefficient (Wildman–Crippen LogP) is 4.30. The summed E-state index contributed by atoms with van der Waals surface area (Å²) in [6.07, 6.45) is -17.6. The minimum absolute atomic E-state index is 0.127. The van der Waals surface area contributed by atoms with Crippen LogP contribution in [0.2, 0.25) is 0 Å². The number of aliphatic hydroxyl groups is 1. The van der Waals surface area contributed by atoms with Crippen molar-refractivity contribution < 1.29 is 49.4 Å². The summed E-state index contributed by atoms with van der Waals surface area (Å²) in [5.41, 5.74) is -4.15. The molecule has 0 saturated heterocycles. The minimum Gasteiger partial charge on any atom is -0.384 e. The average molecular weight is 385 g/mol. The van der Waals surface area contributed by atoms with Gasteiger partial charge >= 0.3 is 12.4 Å². The van der Waals surface area contributed by atoms with Gasteiger partial charge in [0.05, 0.1) is 11.7 Å². The molecule has 0 amide bonds. The van der Waals surface area contributed by atoms with E-state index in [-0.39, 0.29) is 6.42 Å². The number of rotatable bonds is 6. The molecule has 2 atom stereocenters. The molecule has 1 rings (SSSR count). The van der Waals surface area contributed by atoms with E-state index in [1.54, 1.807) is 0 Å². The van der Waals surface area contributed by atoms with E-state index in [1.165, 1.54) is 6.92 Å². The molecule has 0 aliphatic heterocycles. The van der Waals surface area contributed by atoms with Crippen molar-refractivity contribution in [1.82, 2.24) is 4.98 Å². The van der Waals surface area contributed by atoms with Crippen LogP contribution in [0.5, 0.6) is 0 Å². The molecule has 2 unspecified atom stereocenters. The van der Waals surface area contributed by atoms with Crippen molar-refractivity contribution in [3.63, 3.8) is 0 Å². The average Bonchev–Trinajstić information content (AvgIpc) is 2.46. The summed E-state index contributed by atoms with van der Waals surface area (Å²) in [7, 11) is 0. The number of hydrogen-bond acceptors (Lipinski definition) is 3. The van der Waals surface area contributed by atoms with Crippen LogP contribution in [-0.4, -0.2) is 29.0 Å². The van der Waals surface area contributed by atoms with E-state index in [9.17, 15) is 39.5 Å². The second-order valence-corrected chi connectivity index (χ2v) is 4.94. The molecule has 0 radical (unpaired) electrons. The van der Waals surface area contributed by atoms with Crippen LogP contribution in [0.15, 0.2) is 0 Å². The van der Waals surface area contributed by atoms with Crippen molar-refractivity contribution in [2.24, 2.45) is 0 Å². The van der Waals surface area contributed by atoms with Gasteiger partial charge < -0.3 is 9.84 Å². The van der Waals surface area contributed by atoms with Crippen molar-refractivity contribution in [3.05, 3.63) is 28.8 Å². The Labute approximate surface area is 135 Å². The Morgan fingerprint density at radius 1 is 1.04 bits per heavy atom. The maximum Gasteiger partial charge on any atom is 0.436 e. The van der Waals surface area contributed by atoms with Gasteiger partial charge in [0.1, 0.15) is 0 Å². The third-order valence-electron chi connectivity index (χ3n) is 3.00. The Kier molecular flexibility index (Phi) is 6.68. The largest absolute Gasteiger partial charge is 0.436 e. The van der Waals surface area contributed by atoms with Gasteiger partial charge in [-0.25, -0.2) is 13.8 Å². The molecular formula is C13H12F9NO2. The number of aliphatic hydroxyl groups excluding tert-OH is 1. The molecule has 1 aromatic rings. The van der Waals surface area contributed by atoms with Crippen LogP contribution in [-0.2, 0) is 10.9 Å². The van der Waals surface area contributed by atoms with Gasteiger partial charge in [-0.1, -0.05) is 6.92 Å². The molecule has 1 heterocycles. The summed E-state index contributed by atoms with van der Waals surface area (Å²) in [5, 5.41) is 9.02. The van der Waals surface area contributed by atoms with Crippen LogP contribution >= 0.6 is 0 Å². The van der Waals surface area contributed by atoms with Crippen LogP contribution < -0.4 is 0 Å². The summed E-state index contributed by atoms with van der Waals surface area (Å²) in [5.74, 6) is -6.97. The van der Waals surface area contributed by atoms with E-state index in [0.29, 0.717) is 0 Å². The first-order valence-corrected chi connectivity index (χ1v) is 6.78. The maximum absolute atomic E-state index is 14.0. The van der Waals surface area contributed by atoms with Crippen molar-refractivity contribution in [2.75, 3.05) is 6.61 Å².